The summed E-state index contributed by atoms with van der Waals surface area (Å²) in [6.07, 6.45) is 11.9. The molecule has 0 unspecified atom stereocenters. The Hall–Kier alpha value is -0.430. The van der Waals surface area contributed by atoms with Crippen LogP contribution in [-0.2, 0) is 0 Å². The molecule has 54 valence electrons. The van der Waals surface area contributed by atoms with E-state index >= 15 is 0 Å². The highest BCUT2D eigenvalue weighted by molar-refractivity contribution is 8.02. The molecule has 0 heterocycles. The van der Waals surface area contributed by atoms with Crippen LogP contribution in [0.3, 0.4) is 0 Å². The highest BCUT2D eigenvalue weighted by Crippen LogP contribution is 2.21. The third kappa shape index (κ3) is 1.77. The molecule has 0 amide bonds. The second kappa shape index (κ2) is 3.67. The second-order valence-corrected chi connectivity index (χ2v) is 3.14. The van der Waals surface area contributed by atoms with Crippen LogP contribution in [0.4, 0.5) is 0 Å². The first-order valence-electron chi connectivity index (χ1n) is 3.42. The molecule has 1 rings (SSSR count). The summed E-state index contributed by atoms with van der Waals surface area (Å²) < 4.78 is 0. The van der Waals surface area contributed by atoms with Gasteiger partial charge >= 0.3 is 0 Å². The molecule has 0 aromatic rings. The molecule has 0 saturated carbocycles. The predicted octanol–water partition coefficient (Wildman–Crippen LogP) is 3.14. The molecule has 0 spiro atoms. The van der Waals surface area contributed by atoms with E-state index in [4.69, 9.17) is 0 Å². The maximum absolute atomic E-state index is 2.19. The van der Waals surface area contributed by atoms with Crippen molar-refractivity contribution in [1.82, 2.24) is 0 Å². The first-order valence-corrected chi connectivity index (χ1v) is 4.65. The van der Waals surface area contributed by atoms with Gasteiger partial charge in [-0.25, -0.2) is 0 Å². The fraction of sp³-hybridized carbons (Fsp3) is 0.333. The number of thioether (sulfide) groups is 1. The van der Waals surface area contributed by atoms with Gasteiger partial charge in [-0.3, -0.25) is 0 Å². The van der Waals surface area contributed by atoms with Gasteiger partial charge in [0.2, 0.25) is 0 Å². The van der Waals surface area contributed by atoms with Gasteiger partial charge in [-0.05, 0) is 25.2 Å². The third-order valence-electron chi connectivity index (χ3n) is 1.52. The van der Waals surface area contributed by atoms with Crippen molar-refractivity contribution in [3.05, 3.63) is 34.8 Å². The number of allylic oxidation sites excluding steroid dienone is 5. The van der Waals surface area contributed by atoms with Crippen molar-refractivity contribution in [3.63, 3.8) is 0 Å². The summed E-state index contributed by atoms with van der Waals surface area (Å²) in [5.41, 5.74) is 1.38. The lowest BCUT2D eigenvalue weighted by Gasteiger charge is -1.97. The molecule has 0 aliphatic heterocycles. The summed E-state index contributed by atoms with van der Waals surface area (Å²) in [4.78, 5) is 1.38. The van der Waals surface area contributed by atoms with Crippen molar-refractivity contribution in [2.24, 2.45) is 0 Å². The topological polar surface area (TPSA) is 0 Å². The van der Waals surface area contributed by atoms with Crippen LogP contribution in [0.1, 0.15) is 13.3 Å². The van der Waals surface area contributed by atoms with Crippen LogP contribution in [0, 0.1) is 0 Å². The van der Waals surface area contributed by atoms with Crippen LogP contribution in [0.15, 0.2) is 34.8 Å². The first-order chi connectivity index (χ1) is 4.84. The smallest absolute Gasteiger partial charge is 0.00951 e. The Morgan fingerprint density at radius 1 is 1.30 bits per heavy atom. The lowest BCUT2D eigenvalue weighted by molar-refractivity contribution is 1.40. The second-order valence-electron chi connectivity index (χ2n) is 2.29. The van der Waals surface area contributed by atoms with Gasteiger partial charge in [0.25, 0.3) is 0 Å². The van der Waals surface area contributed by atoms with Gasteiger partial charge in [0.1, 0.15) is 0 Å². The minimum atomic E-state index is 1.07. The van der Waals surface area contributed by atoms with Crippen molar-refractivity contribution in [3.8, 4) is 0 Å². The Kier molecular flexibility index (Phi) is 2.82. The van der Waals surface area contributed by atoms with Crippen molar-refractivity contribution in [2.45, 2.75) is 13.3 Å². The average molecular weight is 152 g/mol. The molecular weight excluding hydrogens is 140 g/mol. The molecule has 0 fully saturated rings. The van der Waals surface area contributed by atoms with Gasteiger partial charge in [-0.1, -0.05) is 24.3 Å². The molecule has 0 nitrogen and oxygen atoms in total. The standard InChI is InChI=1S/C9H12S/c1-8-6-4-3-5-7-9(8)10-2/h4-7H,3H2,1-2H3. The molecule has 1 aliphatic carbocycles. The summed E-state index contributed by atoms with van der Waals surface area (Å²) in [6.45, 7) is 2.15. The monoisotopic (exact) mass is 152 g/mol. The van der Waals surface area contributed by atoms with E-state index in [0.29, 0.717) is 0 Å². The quantitative estimate of drug-likeness (QED) is 0.556. The van der Waals surface area contributed by atoms with Gasteiger partial charge in [0.15, 0.2) is 0 Å². The van der Waals surface area contributed by atoms with Crippen molar-refractivity contribution in [1.29, 1.82) is 0 Å². The zero-order valence-corrected chi connectivity index (χ0v) is 7.24. The molecule has 0 bridgehead atoms. The molecule has 0 radical (unpaired) electrons. The molecular formula is C9H12S. The van der Waals surface area contributed by atoms with Gasteiger partial charge in [0, 0.05) is 4.91 Å². The maximum Gasteiger partial charge on any atom is 0.00951 e. The van der Waals surface area contributed by atoms with Crippen molar-refractivity contribution in [2.75, 3.05) is 6.26 Å². The summed E-state index contributed by atoms with van der Waals surface area (Å²) in [5, 5.41) is 0. The Bertz CT molecular complexity index is 197. The van der Waals surface area contributed by atoms with E-state index < -0.39 is 0 Å². The molecule has 0 aromatic carbocycles. The van der Waals surface area contributed by atoms with E-state index in [2.05, 4.69) is 37.5 Å². The van der Waals surface area contributed by atoms with E-state index in [1.807, 2.05) is 11.8 Å². The van der Waals surface area contributed by atoms with Crippen LogP contribution >= 0.6 is 11.8 Å². The van der Waals surface area contributed by atoms with E-state index in [0.717, 1.165) is 6.42 Å². The Morgan fingerprint density at radius 2 is 2.00 bits per heavy atom. The largest absolute Gasteiger partial charge is 0.129 e. The first kappa shape index (κ1) is 7.67. The van der Waals surface area contributed by atoms with Crippen LogP contribution in [0.25, 0.3) is 0 Å². The van der Waals surface area contributed by atoms with Gasteiger partial charge < -0.3 is 0 Å². The molecule has 0 atom stereocenters. The molecule has 1 heteroatoms. The lowest BCUT2D eigenvalue weighted by Crippen LogP contribution is -1.73. The summed E-state index contributed by atoms with van der Waals surface area (Å²) in [7, 11) is 0. The Balaban J connectivity index is 2.88. The lowest BCUT2D eigenvalue weighted by atomic mass is 10.3. The molecule has 1 aliphatic rings. The Morgan fingerprint density at radius 3 is 2.70 bits per heavy atom. The van der Waals surface area contributed by atoms with Crippen LogP contribution in [0.5, 0.6) is 0 Å². The fourth-order valence-electron chi connectivity index (χ4n) is 0.941. The highest BCUT2D eigenvalue weighted by Gasteiger charge is 1.95. The SMILES string of the molecule is CSC1=C(C)C=CCC=C1. The molecule has 0 N–H and O–H groups in total. The highest BCUT2D eigenvalue weighted by atomic mass is 32.2. The number of hydrogen-bond acceptors (Lipinski definition) is 1. The van der Waals surface area contributed by atoms with Crippen LogP contribution < -0.4 is 0 Å². The summed E-state index contributed by atoms with van der Waals surface area (Å²) in [5.74, 6) is 0. The van der Waals surface area contributed by atoms with Crippen molar-refractivity contribution >= 4 is 11.8 Å². The van der Waals surface area contributed by atoms with E-state index in [1.165, 1.54) is 10.5 Å². The zero-order valence-electron chi connectivity index (χ0n) is 6.42. The predicted molar refractivity (Wildman–Crippen MR) is 49.1 cm³/mol. The zero-order chi connectivity index (χ0) is 7.40. The molecule has 0 saturated heterocycles. The maximum atomic E-state index is 2.19. The average Bonchev–Trinajstić information content (AvgIpc) is 2.13. The minimum absolute atomic E-state index is 1.07. The Labute approximate surface area is 66.7 Å². The summed E-state index contributed by atoms with van der Waals surface area (Å²) in [6, 6.07) is 0. The normalized spacial score (nSPS) is 17.8. The van der Waals surface area contributed by atoms with Crippen LogP contribution in [-0.4, -0.2) is 6.26 Å². The number of hydrogen-bond donors (Lipinski definition) is 0. The summed E-state index contributed by atoms with van der Waals surface area (Å²) >= 11 is 1.81. The van der Waals surface area contributed by atoms with E-state index in [-0.39, 0.29) is 0 Å². The van der Waals surface area contributed by atoms with Gasteiger partial charge in [-0.15, -0.1) is 11.8 Å². The van der Waals surface area contributed by atoms with Crippen molar-refractivity contribution < 1.29 is 0 Å². The number of rotatable bonds is 1. The van der Waals surface area contributed by atoms with Gasteiger partial charge in [-0.2, -0.15) is 0 Å². The third-order valence-corrected chi connectivity index (χ3v) is 2.42. The fourth-order valence-corrected chi connectivity index (χ4v) is 1.56. The molecule has 10 heavy (non-hydrogen) atoms. The molecule has 0 aromatic heterocycles. The van der Waals surface area contributed by atoms with Gasteiger partial charge in [0.05, 0.1) is 0 Å². The van der Waals surface area contributed by atoms with E-state index in [9.17, 15) is 0 Å². The minimum Gasteiger partial charge on any atom is -0.129 e. The van der Waals surface area contributed by atoms with Crippen LogP contribution in [0.2, 0.25) is 0 Å². The van der Waals surface area contributed by atoms with E-state index in [1.54, 1.807) is 0 Å².